The Labute approximate surface area is 107 Å². The molecule has 0 atom stereocenters. The van der Waals surface area contributed by atoms with Crippen LogP contribution in [0.25, 0.3) is 0 Å². The molecule has 1 aromatic carbocycles. The Morgan fingerprint density at radius 2 is 2.38 bits per heavy atom. The first-order valence-electron chi connectivity index (χ1n) is 4.74. The highest BCUT2D eigenvalue weighted by molar-refractivity contribution is 9.10. The zero-order valence-electron chi connectivity index (χ0n) is 8.74. The van der Waals surface area contributed by atoms with Crippen LogP contribution in [0.3, 0.4) is 0 Å². The summed E-state index contributed by atoms with van der Waals surface area (Å²) in [5, 5.41) is 3.32. The summed E-state index contributed by atoms with van der Waals surface area (Å²) in [5.41, 5.74) is 2.81. The van der Waals surface area contributed by atoms with E-state index in [2.05, 4.69) is 26.2 Å². The number of halogens is 1. The molecule has 1 aromatic heterocycles. The van der Waals surface area contributed by atoms with Gasteiger partial charge in [-0.05, 0) is 18.2 Å². The maximum Gasteiger partial charge on any atom is 0.142 e. The second-order valence-corrected chi connectivity index (χ2v) is 5.05. The minimum absolute atomic E-state index is 0.761. The van der Waals surface area contributed by atoms with Crippen molar-refractivity contribution in [2.45, 2.75) is 6.54 Å². The molecule has 1 heterocycles. The van der Waals surface area contributed by atoms with Crippen LogP contribution in [0, 0.1) is 0 Å². The van der Waals surface area contributed by atoms with E-state index in [1.807, 2.05) is 29.9 Å². The molecule has 0 spiro atoms. The molecule has 5 heteroatoms. The summed E-state index contributed by atoms with van der Waals surface area (Å²) >= 11 is 5.07. The van der Waals surface area contributed by atoms with Gasteiger partial charge in [0.2, 0.25) is 0 Å². The maximum absolute atomic E-state index is 5.27. The van der Waals surface area contributed by atoms with Crippen LogP contribution < -0.4 is 10.1 Å². The van der Waals surface area contributed by atoms with E-state index in [0.29, 0.717) is 0 Å². The van der Waals surface area contributed by atoms with Crippen molar-refractivity contribution in [3.05, 3.63) is 39.3 Å². The third kappa shape index (κ3) is 2.74. The fraction of sp³-hybridized carbons (Fsp3) is 0.182. The highest BCUT2D eigenvalue weighted by atomic mass is 79.9. The number of aromatic nitrogens is 1. The van der Waals surface area contributed by atoms with E-state index in [9.17, 15) is 0 Å². The molecule has 1 N–H and O–H groups in total. The van der Waals surface area contributed by atoms with Crippen LogP contribution in [0.2, 0.25) is 0 Å². The summed E-state index contributed by atoms with van der Waals surface area (Å²) in [4.78, 5) is 5.23. The highest BCUT2D eigenvalue weighted by Crippen LogP contribution is 2.28. The van der Waals surface area contributed by atoms with Gasteiger partial charge in [0.25, 0.3) is 0 Å². The molecular formula is C11H11BrN2OS. The molecule has 0 aliphatic rings. The van der Waals surface area contributed by atoms with Crippen LogP contribution in [0.1, 0.15) is 4.88 Å². The molecule has 16 heavy (non-hydrogen) atoms. The van der Waals surface area contributed by atoms with Crippen molar-refractivity contribution in [1.82, 2.24) is 4.98 Å². The van der Waals surface area contributed by atoms with E-state index in [-0.39, 0.29) is 0 Å². The van der Waals surface area contributed by atoms with E-state index in [1.165, 1.54) is 4.88 Å². The van der Waals surface area contributed by atoms with Gasteiger partial charge in [-0.25, -0.2) is 0 Å². The lowest BCUT2D eigenvalue weighted by molar-refractivity contribution is 0.416. The van der Waals surface area contributed by atoms with Crippen LogP contribution in [0.5, 0.6) is 5.75 Å². The molecule has 0 fully saturated rings. The van der Waals surface area contributed by atoms with Gasteiger partial charge >= 0.3 is 0 Å². The first-order valence-corrected chi connectivity index (χ1v) is 6.41. The number of nitrogens with zero attached hydrogens (tertiary/aromatic N) is 1. The van der Waals surface area contributed by atoms with Crippen LogP contribution in [0.4, 0.5) is 5.69 Å². The normalized spacial score (nSPS) is 10.1. The second kappa shape index (κ2) is 5.32. The van der Waals surface area contributed by atoms with E-state index >= 15 is 0 Å². The van der Waals surface area contributed by atoms with Gasteiger partial charge in [-0.15, -0.1) is 11.3 Å². The summed E-state index contributed by atoms with van der Waals surface area (Å²) < 4.78 is 6.30. The zero-order chi connectivity index (χ0) is 11.4. The molecule has 0 radical (unpaired) electrons. The molecule has 0 aliphatic carbocycles. The molecule has 0 unspecified atom stereocenters. The van der Waals surface area contributed by atoms with Gasteiger partial charge in [0.1, 0.15) is 5.75 Å². The number of ether oxygens (including phenoxy) is 1. The molecule has 2 rings (SSSR count). The zero-order valence-corrected chi connectivity index (χ0v) is 11.1. The van der Waals surface area contributed by atoms with Crippen molar-refractivity contribution < 1.29 is 4.74 Å². The third-order valence-electron chi connectivity index (χ3n) is 2.10. The largest absolute Gasteiger partial charge is 0.495 e. The lowest BCUT2D eigenvalue weighted by Gasteiger charge is -2.10. The average molecular weight is 299 g/mol. The van der Waals surface area contributed by atoms with E-state index < -0.39 is 0 Å². The Bertz CT molecular complexity index is 459. The Balaban J connectivity index is 2.11. The third-order valence-corrected chi connectivity index (χ3v) is 3.37. The molecule has 0 aliphatic heterocycles. The lowest BCUT2D eigenvalue weighted by atomic mass is 10.3. The maximum atomic E-state index is 5.27. The van der Waals surface area contributed by atoms with Crippen LogP contribution >= 0.6 is 27.3 Å². The standard InChI is InChI=1S/C11H11BrN2OS/c1-15-11-3-2-8(12)4-10(11)14-6-9-5-13-7-16-9/h2-5,7,14H,6H2,1H3. The van der Waals surface area contributed by atoms with E-state index in [4.69, 9.17) is 4.74 Å². The van der Waals surface area contributed by atoms with Gasteiger partial charge in [-0.3, -0.25) is 4.98 Å². The number of hydrogen-bond acceptors (Lipinski definition) is 4. The predicted molar refractivity (Wildman–Crippen MR) is 70.1 cm³/mol. The molecular weight excluding hydrogens is 288 g/mol. The molecule has 0 saturated carbocycles. The molecule has 0 saturated heterocycles. The number of methoxy groups -OCH3 is 1. The van der Waals surface area contributed by atoms with Crippen LogP contribution in [-0.2, 0) is 6.54 Å². The lowest BCUT2D eigenvalue weighted by Crippen LogP contribution is -1.99. The fourth-order valence-electron chi connectivity index (χ4n) is 1.33. The number of thiazole rings is 1. The summed E-state index contributed by atoms with van der Waals surface area (Å²) in [7, 11) is 1.67. The predicted octanol–water partition coefficient (Wildman–Crippen LogP) is 3.53. The average Bonchev–Trinajstić information content (AvgIpc) is 2.79. The first-order chi connectivity index (χ1) is 7.79. The monoisotopic (exact) mass is 298 g/mol. The van der Waals surface area contributed by atoms with Crippen molar-refractivity contribution in [3.8, 4) is 5.75 Å². The Kier molecular flexibility index (Phi) is 3.79. The number of hydrogen-bond donors (Lipinski definition) is 1. The van der Waals surface area contributed by atoms with Gasteiger partial charge in [0.15, 0.2) is 0 Å². The summed E-state index contributed by atoms with van der Waals surface area (Å²) in [6.45, 7) is 0.761. The van der Waals surface area contributed by atoms with Gasteiger partial charge in [-0.1, -0.05) is 15.9 Å². The molecule has 84 valence electrons. The van der Waals surface area contributed by atoms with Gasteiger partial charge < -0.3 is 10.1 Å². The minimum Gasteiger partial charge on any atom is -0.495 e. The van der Waals surface area contributed by atoms with Gasteiger partial charge in [-0.2, -0.15) is 0 Å². The minimum atomic E-state index is 0.761. The highest BCUT2D eigenvalue weighted by Gasteiger charge is 2.03. The Morgan fingerprint density at radius 3 is 3.06 bits per heavy atom. The smallest absolute Gasteiger partial charge is 0.142 e. The summed E-state index contributed by atoms with van der Waals surface area (Å²) in [5.74, 6) is 0.840. The topological polar surface area (TPSA) is 34.1 Å². The van der Waals surface area contributed by atoms with Gasteiger partial charge in [0, 0.05) is 15.5 Å². The molecule has 2 aromatic rings. The molecule has 0 bridgehead atoms. The second-order valence-electron chi connectivity index (χ2n) is 3.17. The Morgan fingerprint density at radius 1 is 1.50 bits per heavy atom. The van der Waals surface area contributed by atoms with Gasteiger partial charge in [0.05, 0.1) is 24.9 Å². The number of nitrogens with one attached hydrogen (secondary N) is 1. The van der Waals surface area contributed by atoms with E-state index in [1.54, 1.807) is 18.4 Å². The number of benzene rings is 1. The van der Waals surface area contributed by atoms with Crippen molar-refractivity contribution >= 4 is 33.0 Å². The Hall–Kier alpha value is -1.07. The molecule has 3 nitrogen and oxygen atoms in total. The number of rotatable bonds is 4. The van der Waals surface area contributed by atoms with Crippen molar-refractivity contribution in [3.63, 3.8) is 0 Å². The van der Waals surface area contributed by atoms with Crippen LogP contribution in [0.15, 0.2) is 34.4 Å². The number of anilines is 1. The first kappa shape index (κ1) is 11.4. The van der Waals surface area contributed by atoms with Crippen LogP contribution in [-0.4, -0.2) is 12.1 Å². The van der Waals surface area contributed by atoms with E-state index in [0.717, 1.165) is 22.5 Å². The fourth-order valence-corrected chi connectivity index (χ4v) is 2.23. The summed E-state index contributed by atoms with van der Waals surface area (Å²) in [6.07, 6.45) is 1.86. The quantitative estimate of drug-likeness (QED) is 0.938. The van der Waals surface area contributed by atoms with Crippen molar-refractivity contribution in [2.75, 3.05) is 12.4 Å². The SMILES string of the molecule is COc1ccc(Br)cc1NCc1cncs1. The molecule has 0 amide bonds. The van der Waals surface area contributed by atoms with Crippen molar-refractivity contribution in [1.29, 1.82) is 0 Å². The summed E-state index contributed by atoms with van der Waals surface area (Å²) in [6, 6.07) is 5.88. The van der Waals surface area contributed by atoms with Crippen molar-refractivity contribution in [2.24, 2.45) is 0 Å².